The van der Waals surface area contributed by atoms with Crippen molar-refractivity contribution in [1.29, 1.82) is 0 Å². The average molecular weight is 531 g/mol. The van der Waals surface area contributed by atoms with Crippen molar-refractivity contribution in [2.75, 3.05) is 36.2 Å². The number of amides is 1. The summed E-state index contributed by atoms with van der Waals surface area (Å²) < 4.78 is 75.8. The molecule has 0 aliphatic carbocycles. The molecule has 1 fully saturated rings. The van der Waals surface area contributed by atoms with Crippen LogP contribution in [0.25, 0.3) is 22.1 Å². The Balaban J connectivity index is 1.34. The van der Waals surface area contributed by atoms with Gasteiger partial charge in [-0.05, 0) is 48.9 Å². The van der Waals surface area contributed by atoms with E-state index in [1.807, 2.05) is 13.0 Å². The van der Waals surface area contributed by atoms with E-state index in [-0.39, 0.29) is 26.7 Å². The summed E-state index contributed by atoms with van der Waals surface area (Å²) in [6.45, 7) is -8.50. The van der Waals surface area contributed by atoms with Crippen LogP contribution in [-0.4, -0.2) is 71.7 Å². The van der Waals surface area contributed by atoms with Gasteiger partial charge in [-0.25, -0.2) is 24.6 Å². The lowest BCUT2D eigenvalue weighted by Crippen LogP contribution is -2.48. The summed E-state index contributed by atoms with van der Waals surface area (Å²) in [6.07, 6.45) is 2.97. The van der Waals surface area contributed by atoms with Gasteiger partial charge in [0.2, 0.25) is 11.9 Å². The zero-order valence-corrected chi connectivity index (χ0v) is 20.7. The molecule has 12 heteroatoms. The topological polar surface area (TPSA) is 127 Å². The fourth-order valence-electron chi connectivity index (χ4n) is 3.79. The number of carbonyl (C=O) groups excluding carboxylic acids is 1. The lowest BCUT2D eigenvalue weighted by molar-refractivity contribution is -0.126. The summed E-state index contributed by atoms with van der Waals surface area (Å²) in [5, 5.41) is 11.2. The molecule has 3 aromatic heterocycles. The van der Waals surface area contributed by atoms with Gasteiger partial charge in [0, 0.05) is 44.8 Å². The summed E-state index contributed by atoms with van der Waals surface area (Å²) in [4.78, 5) is 29.2. The van der Waals surface area contributed by atoms with Gasteiger partial charge in [0.1, 0.15) is 34.4 Å². The van der Waals surface area contributed by atoms with E-state index in [4.69, 9.17) is 15.7 Å². The summed E-state index contributed by atoms with van der Waals surface area (Å²) in [7, 11) is 1.80. The number of nitrogens with one attached hydrogen (secondary N) is 1. The van der Waals surface area contributed by atoms with E-state index in [0.29, 0.717) is 28.8 Å². The number of hydrogen-bond donors (Lipinski definition) is 1. The number of benzene rings is 2. The van der Waals surface area contributed by atoms with Gasteiger partial charge in [0.25, 0.3) is 0 Å². The highest BCUT2D eigenvalue weighted by atomic mass is 16.5. The first-order chi connectivity index (χ1) is 22.0. The second-order valence-electron chi connectivity index (χ2n) is 8.36. The molecule has 12 nitrogen and oxygen atoms in total. The molecule has 1 saturated heterocycles. The average Bonchev–Trinajstić information content (AvgIpc) is 3.37. The molecule has 1 aliphatic rings. The number of nitrogens with zero attached hydrogens (tertiary/aromatic N) is 9. The molecule has 5 aromatic rings. The summed E-state index contributed by atoms with van der Waals surface area (Å²) in [5.41, 5.74) is 3.01. The Bertz CT molecular complexity index is 2040. The standard InChI is InChI=1S/C27H26N10O2/c1-4-24(38)36-9-11-37(12-10-36)27-28-15-21-25(32-27)26(30-16-29-21)31-18-5-8-23(17(2)13-18)39-19-6-7-22-20(14-19)33-34-35(22)3/h4-8,13-16H,1,9-12H2,2-3H3,(H,29,30,31)/i9D2,10D2,11D2,12D2. The Kier molecular flexibility index (Phi) is 4.26. The van der Waals surface area contributed by atoms with Crippen LogP contribution >= 0.6 is 0 Å². The van der Waals surface area contributed by atoms with E-state index in [1.165, 1.54) is 6.33 Å². The van der Waals surface area contributed by atoms with Crippen molar-refractivity contribution < 1.29 is 20.5 Å². The number of anilines is 3. The van der Waals surface area contributed by atoms with E-state index in [0.717, 1.165) is 17.3 Å². The van der Waals surface area contributed by atoms with Crippen molar-refractivity contribution in [3.8, 4) is 11.5 Å². The smallest absolute Gasteiger partial charge is 0.246 e. The lowest BCUT2D eigenvalue weighted by atomic mass is 10.2. The first-order valence-electron chi connectivity index (χ1n) is 15.6. The second kappa shape index (κ2) is 9.97. The number of hydrogen-bond acceptors (Lipinski definition) is 10. The number of ether oxygens (including phenoxy) is 1. The number of aromatic nitrogens is 7. The van der Waals surface area contributed by atoms with Crippen LogP contribution in [0.15, 0.2) is 61.6 Å². The quantitative estimate of drug-likeness (QED) is 0.326. The van der Waals surface area contributed by atoms with Crippen molar-refractivity contribution in [3.63, 3.8) is 0 Å². The Hall–Kier alpha value is -5.13. The Morgan fingerprint density at radius 1 is 1.10 bits per heavy atom. The van der Waals surface area contributed by atoms with E-state index in [2.05, 4.69) is 42.1 Å². The minimum absolute atomic E-state index is 0.00470. The number of fused-ring (bicyclic) bond motifs is 2. The highest BCUT2D eigenvalue weighted by Gasteiger charge is 2.22. The molecule has 1 aliphatic heterocycles. The van der Waals surface area contributed by atoms with Crippen molar-refractivity contribution in [1.82, 2.24) is 39.8 Å². The fourth-order valence-corrected chi connectivity index (χ4v) is 3.79. The third-order valence-corrected chi connectivity index (χ3v) is 5.75. The number of carbonyl (C=O) groups is 1. The van der Waals surface area contributed by atoms with Crippen LogP contribution in [0.1, 0.15) is 16.5 Å². The highest BCUT2D eigenvalue weighted by Crippen LogP contribution is 2.31. The Morgan fingerprint density at radius 3 is 2.74 bits per heavy atom. The zero-order valence-electron chi connectivity index (χ0n) is 28.7. The molecule has 0 saturated carbocycles. The molecule has 1 amide bonds. The summed E-state index contributed by atoms with van der Waals surface area (Å²) in [5.74, 6) is -0.796. The van der Waals surface area contributed by atoms with Gasteiger partial charge in [-0.15, -0.1) is 5.10 Å². The summed E-state index contributed by atoms with van der Waals surface area (Å²) in [6, 6.07) is 10.7. The van der Waals surface area contributed by atoms with Gasteiger partial charge >= 0.3 is 0 Å². The minimum Gasteiger partial charge on any atom is -0.457 e. The van der Waals surface area contributed by atoms with Crippen molar-refractivity contribution in [2.24, 2.45) is 7.05 Å². The highest BCUT2D eigenvalue weighted by molar-refractivity contribution is 5.88. The van der Waals surface area contributed by atoms with Crippen LogP contribution in [0.5, 0.6) is 11.5 Å². The largest absolute Gasteiger partial charge is 0.457 e. The van der Waals surface area contributed by atoms with Crippen molar-refractivity contribution in [2.45, 2.75) is 6.92 Å². The molecule has 6 rings (SSSR count). The van der Waals surface area contributed by atoms with Gasteiger partial charge < -0.3 is 19.9 Å². The molecular formula is C27H26N10O2. The Labute approximate surface area is 235 Å². The van der Waals surface area contributed by atoms with E-state index in [1.54, 1.807) is 42.1 Å². The molecule has 0 spiro atoms. The monoisotopic (exact) mass is 530 g/mol. The summed E-state index contributed by atoms with van der Waals surface area (Å²) >= 11 is 0. The molecule has 4 heterocycles. The zero-order chi connectivity index (χ0) is 34.1. The van der Waals surface area contributed by atoms with Gasteiger partial charge in [-0.3, -0.25) is 4.79 Å². The third kappa shape index (κ3) is 4.79. The first kappa shape index (κ1) is 16.7. The molecule has 196 valence electrons. The third-order valence-electron chi connectivity index (χ3n) is 5.75. The van der Waals surface area contributed by atoms with Crippen LogP contribution < -0.4 is 15.0 Å². The van der Waals surface area contributed by atoms with Gasteiger partial charge in [-0.1, -0.05) is 11.8 Å². The molecule has 0 unspecified atom stereocenters. The van der Waals surface area contributed by atoms with Gasteiger partial charge in [0.15, 0.2) is 5.82 Å². The number of aryl methyl sites for hydroxylation is 2. The van der Waals surface area contributed by atoms with Gasteiger partial charge in [-0.2, -0.15) is 0 Å². The molecule has 1 N–H and O–H groups in total. The molecular weight excluding hydrogens is 496 g/mol. The SMILES string of the molecule is [2H]C1([2H])N(C(=O)C=C)C([2H])([2H])C([2H])([2H])N(c2ncc3ncnc(Nc4ccc(Oc5ccc6c(c5)nnn6C)c(C)c4)c3n2)C1([2H])[2H]. The molecule has 2 aromatic carbocycles. The van der Waals surface area contributed by atoms with Gasteiger partial charge in [0.05, 0.1) is 22.7 Å². The normalized spacial score (nSPS) is 21.8. The predicted molar refractivity (Wildman–Crippen MR) is 147 cm³/mol. The van der Waals surface area contributed by atoms with Crippen molar-refractivity contribution >= 4 is 45.4 Å². The maximum Gasteiger partial charge on any atom is 0.246 e. The van der Waals surface area contributed by atoms with E-state index in [9.17, 15) is 4.79 Å². The maximum absolute atomic E-state index is 12.5. The first-order valence-corrected chi connectivity index (χ1v) is 11.6. The van der Waals surface area contributed by atoms with Crippen LogP contribution in [0.2, 0.25) is 0 Å². The molecule has 0 bridgehead atoms. The van der Waals surface area contributed by atoms with Crippen LogP contribution in [0.4, 0.5) is 17.5 Å². The molecule has 39 heavy (non-hydrogen) atoms. The maximum atomic E-state index is 12.5. The van der Waals surface area contributed by atoms with Crippen LogP contribution in [-0.2, 0) is 11.8 Å². The predicted octanol–water partition coefficient (Wildman–Crippen LogP) is 3.38. The number of rotatable bonds is 6. The minimum atomic E-state index is -3.40. The lowest BCUT2D eigenvalue weighted by Gasteiger charge is -2.34. The molecule has 0 atom stereocenters. The van der Waals surface area contributed by atoms with Crippen LogP contribution in [0.3, 0.4) is 0 Å². The number of piperazine rings is 1. The van der Waals surface area contributed by atoms with E-state index >= 15 is 0 Å². The second-order valence-corrected chi connectivity index (χ2v) is 8.36. The Morgan fingerprint density at radius 2 is 1.95 bits per heavy atom. The van der Waals surface area contributed by atoms with E-state index < -0.39 is 37.8 Å². The fraction of sp³-hybridized carbons (Fsp3) is 0.222. The molecule has 0 radical (unpaired) electrons. The van der Waals surface area contributed by atoms with Crippen LogP contribution in [0, 0.1) is 6.92 Å². The van der Waals surface area contributed by atoms with Crippen molar-refractivity contribution in [3.05, 3.63) is 67.1 Å².